The zero-order valence-corrected chi connectivity index (χ0v) is 14.0. The lowest BCUT2D eigenvalue weighted by atomic mass is 10.0. The second-order valence-electron chi connectivity index (χ2n) is 7.79. The number of hydrogen-bond donors (Lipinski definition) is 1. The average Bonchev–Trinajstić information content (AvgIpc) is 3.31. The van der Waals surface area contributed by atoms with Crippen LogP contribution < -0.4 is 5.32 Å². The van der Waals surface area contributed by atoms with Gasteiger partial charge in [-0.25, -0.2) is 0 Å². The standard InChI is InChI=1S/C17H31N3O/c1-11(2)14-10-19(8-5-9-20(14)12(3)4)17(21)16-15(18-16)13-6-7-13/h11-16,18H,5-10H2,1-4H3/t14?,15-,16+/m0/s1. The molecule has 0 aromatic carbocycles. The van der Waals surface area contributed by atoms with Gasteiger partial charge in [-0.15, -0.1) is 0 Å². The van der Waals surface area contributed by atoms with Crippen molar-refractivity contribution in [2.75, 3.05) is 19.6 Å². The minimum absolute atomic E-state index is 0.135. The lowest BCUT2D eigenvalue weighted by Crippen LogP contribution is -2.49. The van der Waals surface area contributed by atoms with E-state index in [-0.39, 0.29) is 6.04 Å². The maximum Gasteiger partial charge on any atom is 0.241 e. The van der Waals surface area contributed by atoms with Gasteiger partial charge in [0.25, 0.3) is 0 Å². The monoisotopic (exact) mass is 293 g/mol. The van der Waals surface area contributed by atoms with Gasteiger partial charge in [0, 0.05) is 37.8 Å². The van der Waals surface area contributed by atoms with Crippen molar-refractivity contribution in [1.29, 1.82) is 0 Å². The van der Waals surface area contributed by atoms with E-state index in [0.29, 0.717) is 30.0 Å². The van der Waals surface area contributed by atoms with Crippen molar-refractivity contribution in [3.63, 3.8) is 0 Å². The van der Waals surface area contributed by atoms with Crippen LogP contribution in [0.2, 0.25) is 0 Å². The summed E-state index contributed by atoms with van der Waals surface area (Å²) in [5.41, 5.74) is 0. The molecule has 0 radical (unpaired) electrons. The predicted molar refractivity (Wildman–Crippen MR) is 85.1 cm³/mol. The van der Waals surface area contributed by atoms with Crippen LogP contribution in [-0.2, 0) is 4.79 Å². The van der Waals surface area contributed by atoms with Gasteiger partial charge >= 0.3 is 0 Å². The van der Waals surface area contributed by atoms with E-state index in [0.717, 1.165) is 32.0 Å². The van der Waals surface area contributed by atoms with E-state index in [9.17, 15) is 4.79 Å². The van der Waals surface area contributed by atoms with Gasteiger partial charge in [-0.3, -0.25) is 15.0 Å². The molecule has 4 nitrogen and oxygen atoms in total. The molecular weight excluding hydrogens is 262 g/mol. The van der Waals surface area contributed by atoms with Gasteiger partial charge in [0.1, 0.15) is 6.04 Å². The minimum Gasteiger partial charge on any atom is -0.340 e. The van der Waals surface area contributed by atoms with Crippen molar-refractivity contribution >= 4 is 5.91 Å². The van der Waals surface area contributed by atoms with E-state index < -0.39 is 0 Å². The Bertz CT molecular complexity index is 391. The molecule has 3 atom stereocenters. The van der Waals surface area contributed by atoms with Crippen LogP contribution in [0.4, 0.5) is 0 Å². The Hall–Kier alpha value is -0.610. The first kappa shape index (κ1) is 15.3. The number of nitrogens with zero attached hydrogens (tertiary/aromatic N) is 2. The first-order chi connectivity index (χ1) is 9.99. The van der Waals surface area contributed by atoms with E-state index in [4.69, 9.17) is 0 Å². The largest absolute Gasteiger partial charge is 0.340 e. The molecule has 1 aliphatic carbocycles. The van der Waals surface area contributed by atoms with Crippen LogP contribution >= 0.6 is 0 Å². The topological polar surface area (TPSA) is 45.5 Å². The van der Waals surface area contributed by atoms with Gasteiger partial charge in [0.15, 0.2) is 0 Å². The fraction of sp³-hybridized carbons (Fsp3) is 0.941. The minimum atomic E-state index is 0.135. The summed E-state index contributed by atoms with van der Waals surface area (Å²) in [6.45, 7) is 12.1. The number of rotatable bonds is 4. The number of amides is 1. The third-order valence-corrected chi connectivity index (χ3v) is 5.44. The molecule has 4 heteroatoms. The average molecular weight is 293 g/mol. The molecule has 0 bridgehead atoms. The quantitative estimate of drug-likeness (QED) is 0.803. The molecule has 0 spiro atoms. The maximum absolute atomic E-state index is 12.7. The number of carbonyl (C=O) groups excluding carboxylic acids is 1. The fourth-order valence-electron chi connectivity index (χ4n) is 3.90. The van der Waals surface area contributed by atoms with Gasteiger partial charge in [-0.05, 0) is 44.9 Å². The lowest BCUT2D eigenvalue weighted by molar-refractivity contribution is -0.131. The maximum atomic E-state index is 12.7. The highest BCUT2D eigenvalue weighted by atomic mass is 16.2. The predicted octanol–water partition coefficient (Wildman–Crippen LogP) is 1.70. The smallest absolute Gasteiger partial charge is 0.241 e. The zero-order valence-electron chi connectivity index (χ0n) is 14.0. The van der Waals surface area contributed by atoms with Crippen LogP contribution in [-0.4, -0.2) is 59.5 Å². The molecule has 1 unspecified atom stereocenters. The van der Waals surface area contributed by atoms with Crippen LogP contribution in [0.15, 0.2) is 0 Å². The van der Waals surface area contributed by atoms with Crippen LogP contribution in [0.3, 0.4) is 0 Å². The lowest BCUT2D eigenvalue weighted by Gasteiger charge is -2.37. The van der Waals surface area contributed by atoms with E-state index in [2.05, 4.69) is 42.8 Å². The molecule has 1 amide bonds. The Labute approximate surface area is 129 Å². The molecule has 0 aromatic heterocycles. The molecule has 1 saturated carbocycles. The molecule has 3 aliphatic rings. The van der Waals surface area contributed by atoms with Gasteiger partial charge in [0.2, 0.25) is 5.91 Å². The number of carbonyl (C=O) groups is 1. The Balaban J connectivity index is 1.64. The molecule has 0 aromatic rings. The first-order valence-corrected chi connectivity index (χ1v) is 8.79. The SMILES string of the molecule is CC(C)C1CN(C(=O)[C@@H]2N[C@H]2C2CC2)CCCN1C(C)C. The molecule has 3 fully saturated rings. The van der Waals surface area contributed by atoms with Crippen LogP contribution in [0, 0.1) is 11.8 Å². The Morgan fingerprint density at radius 1 is 1.14 bits per heavy atom. The Morgan fingerprint density at radius 3 is 2.43 bits per heavy atom. The summed E-state index contributed by atoms with van der Waals surface area (Å²) in [6, 6.07) is 1.69. The summed E-state index contributed by atoms with van der Waals surface area (Å²) in [4.78, 5) is 17.5. The van der Waals surface area contributed by atoms with Crippen molar-refractivity contribution in [3.05, 3.63) is 0 Å². The fourth-order valence-corrected chi connectivity index (χ4v) is 3.90. The third-order valence-electron chi connectivity index (χ3n) is 5.44. The normalized spacial score (nSPS) is 34.4. The van der Waals surface area contributed by atoms with Crippen LogP contribution in [0.5, 0.6) is 0 Å². The van der Waals surface area contributed by atoms with Gasteiger partial charge in [-0.1, -0.05) is 13.8 Å². The van der Waals surface area contributed by atoms with E-state index >= 15 is 0 Å². The van der Waals surface area contributed by atoms with E-state index in [1.54, 1.807) is 0 Å². The molecule has 120 valence electrons. The van der Waals surface area contributed by atoms with Crippen molar-refractivity contribution in [3.8, 4) is 0 Å². The van der Waals surface area contributed by atoms with Crippen LogP contribution in [0.1, 0.15) is 47.0 Å². The summed E-state index contributed by atoms with van der Waals surface area (Å²) in [7, 11) is 0. The number of hydrogen-bond acceptors (Lipinski definition) is 3. The third kappa shape index (κ3) is 3.26. The highest BCUT2D eigenvalue weighted by molar-refractivity contribution is 5.86. The Morgan fingerprint density at radius 2 is 1.86 bits per heavy atom. The summed E-state index contributed by atoms with van der Waals surface area (Å²) in [6.07, 6.45) is 3.74. The molecule has 1 N–H and O–H groups in total. The van der Waals surface area contributed by atoms with Gasteiger partial charge < -0.3 is 4.90 Å². The van der Waals surface area contributed by atoms with Crippen molar-refractivity contribution in [2.45, 2.75) is 71.1 Å². The summed E-state index contributed by atoms with van der Waals surface area (Å²) in [5.74, 6) is 1.74. The highest BCUT2D eigenvalue weighted by Crippen LogP contribution is 2.40. The van der Waals surface area contributed by atoms with E-state index in [1.807, 2.05) is 0 Å². The molecule has 2 aliphatic heterocycles. The molecule has 21 heavy (non-hydrogen) atoms. The van der Waals surface area contributed by atoms with Crippen molar-refractivity contribution in [2.24, 2.45) is 11.8 Å². The van der Waals surface area contributed by atoms with Gasteiger partial charge in [0.05, 0.1) is 0 Å². The molecule has 2 saturated heterocycles. The summed E-state index contributed by atoms with van der Waals surface area (Å²) in [5, 5.41) is 3.42. The summed E-state index contributed by atoms with van der Waals surface area (Å²) >= 11 is 0. The molecule has 3 rings (SSSR count). The van der Waals surface area contributed by atoms with Gasteiger partial charge in [-0.2, -0.15) is 0 Å². The second kappa shape index (κ2) is 5.88. The first-order valence-electron chi connectivity index (χ1n) is 8.79. The second-order valence-corrected chi connectivity index (χ2v) is 7.79. The van der Waals surface area contributed by atoms with Crippen LogP contribution in [0.25, 0.3) is 0 Å². The number of nitrogens with one attached hydrogen (secondary N) is 1. The van der Waals surface area contributed by atoms with E-state index in [1.165, 1.54) is 12.8 Å². The molecule has 2 heterocycles. The van der Waals surface area contributed by atoms with Crippen molar-refractivity contribution < 1.29 is 4.79 Å². The zero-order chi connectivity index (χ0) is 15.1. The molecular formula is C17H31N3O. The summed E-state index contributed by atoms with van der Waals surface area (Å²) < 4.78 is 0. The Kier molecular flexibility index (Phi) is 4.28. The van der Waals surface area contributed by atoms with Crippen molar-refractivity contribution in [1.82, 2.24) is 15.1 Å². The highest BCUT2D eigenvalue weighted by Gasteiger charge is 2.52.